The number of rotatable bonds is 2. The van der Waals surface area contributed by atoms with Gasteiger partial charge in [-0.15, -0.1) is 0 Å². The normalized spacial score (nSPS) is 19.3. The molecule has 1 heterocycles. The quantitative estimate of drug-likeness (QED) is 0.616. The van der Waals surface area contributed by atoms with Crippen molar-refractivity contribution in [3.05, 3.63) is 38.9 Å². The highest BCUT2D eigenvalue weighted by Crippen LogP contribution is 2.25. The molecule has 1 aliphatic rings. The van der Waals surface area contributed by atoms with Crippen LogP contribution in [0.1, 0.15) is 17.3 Å². The lowest BCUT2D eigenvalue weighted by molar-refractivity contribution is -0.385. The number of hydrogen-bond donors (Lipinski definition) is 0. The van der Waals surface area contributed by atoms with Crippen molar-refractivity contribution < 1.29 is 14.5 Å². The lowest BCUT2D eigenvalue weighted by Crippen LogP contribution is -2.47. The van der Waals surface area contributed by atoms with E-state index in [-0.39, 0.29) is 28.2 Å². The smallest absolute Gasteiger partial charge is 0.283 e. The number of benzene rings is 1. The first-order valence-electron chi connectivity index (χ1n) is 5.83. The van der Waals surface area contributed by atoms with Gasteiger partial charge in [0.2, 0.25) is 0 Å². The van der Waals surface area contributed by atoms with Gasteiger partial charge in [-0.3, -0.25) is 14.9 Å². The van der Waals surface area contributed by atoms with E-state index < -0.39 is 4.92 Å². The van der Waals surface area contributed by atoms with Gasteiger partial charge >= 0.3 is 0 Å². The Morgan fingerprint density at radius 2 is 2.32 bits per heavy atom. The summed E-state index contributed by atoms with van der Waals surface area (Å²) in [6.45, 7) is 3.16. The summed E-state index contributed by atoms with van der Waals surface area (Å²) in [7, 11) is 0. The number of amides is 1. The molecule has 1 saturated heterocycles. The van der Waals surface area contributed by atoms with Crippen LogP contribution in [0.25, 0.3) is 0 Å². The molecule has 1 aromatic carbocycles. The number of nitro groups is 1. The second-order valence-corrected chi connectivity index (χ2v) is 4.78. The number of morpholine rings is 1. The van der Waals surface area contributed by atoms with E-state index in [0.29, 0.717) is 19.8 Å². The van der Waals surface area contributed by atoms with Crippen molar-refractivity contribution in [2.75, 3.05) is 19.8 Å². The van der Waals surface area contributed by atoms with E-state index in [1.54, 1.807) is 4.90 Å². The number of halogens is 1. The molecule has 0 aromatic heterocycles. The highest BCUT2D eigenvalue weighted by Gasteiger charge is 2.29. The third-order valence-corrected chi connectivity index (χ3v) is 3.25. The van der Waals surface area contributed by atoms with E-state index >= 15 is 0 Å². The van der Waals surface area contributed by atoms with Crippen molar-refractivity contribution >= 4 is 23.2 Å². The van der Waals surface area contributed by atoms with Crippen LogP contribution in [0.5, 0.6) is 0 Å². The van der Waals surface area contributed by atoms with E-state index in [1.807, 2.05) is 6.92 Å². The molecule has 0 bridgehead atoms. The molecule has 0 N–H and O–H groups in total. The van der Waals surface area contributed by atoms with Gasteiger partial charge in [-0.1, -0.05) is 11.6 Å². The third-order valence-electron chi connectivity index (χ3n) is 3.02. The molecule has 0 spiro atoms. The van der Waals surface area contributed by atoms with Crippen molar-refractivity contribution in [1.82, 2.24) is 4.90 Å². The van der Waals surface area contributed by atoms with Crippen molar-refractivity contribution in [2.45, 2.75) is 13.0 Å². The van der Waals surface area contributed by atoms with Gasteiger partial charge in [0.1, 0.15) is 5.56 Å². The summed E-state index contributed by atoms with van der Waals surface area (Å²) in [4.78, 5) is 24.4. The molecule has 2 rings (SSSR count). The topological polar surface area (TPSA) is 72.7 Å². The third kappa shape index (κ3) is 2.85. The molecule has 1 amide bonds. The highest BCUT2D eigenvalue weighted by atomic mass is 35.5. The average Bonchev–Trinajstić information content (AvgIpc) is 2.38. The predicted octanol–water partition coefficient (Wildman–Crippen LogP) is 2.11. The minimum Gasteiger partial charge on any atom is -0.377 e. The zero-order valence-corrected chi connectivity index (χ0v) is 11.1. The molecule has 6 nitrogen and oxygen atoms in total. The maximum absolute atomic E-state index is 12.4. The first-order valence-corrected chi connectivity index (χ1v) is 6.21. The number of ether oxygens (including phenoxy) is 1. The van der Waals surface area contributed by atoms with Crippen LogP contribution in [0.2, 0.25) is 5.02 Å². The highest BCUT2D eigenvalue weighted by molar-refractivity contribution is 6.31. The molecule has 0 aliphatic carbocycles. The Labute approximate surface area is 115 Å². The minimum absolute atomic E-state index is 0.0585. The Kier molecular flexibility index (Phi) is 4.01. The van der Waals surface area contributed by atoms with Gasteiger partial charge in [0.15, 0.2) is 0 Å². The van der Waals surface area contributed by atoms with Crippen LogP contribution in [0.4, 0.5) is 5.69 Å². The monoisotopic (exact) mass is 284 g/mol. The summed E-state index contributed by atoms with van der Waals surface area (Å²) in [5.41, 5.74) is -0.209. The number of carbonyl (C=O) groups excluding carboxylic acids is 1. The van der Waals surface area contributed by atoms with E-state index in [0.717, 1.165) is 0 Å². The summed E-state index contributed by atoms with van der Waals surface area (Å²) >= 11 is 5.73. The molecule has 1 aliphatic heterocycles. The predicted molar refractivity (Wildman–Crippen MR) is 69.4 cm³/mol. The number of hydrogen-bond acceptors (Lipinski definition) is 4. The minimum atomic E-state index is -0.593. The van der Waals surface area contributed by atoms with Gasteiger partial charge in [0, 0.05) is 17.6 Å². The van der Waals surface area contributed by atoms with Crippen molar-refractivity contribution in [3.8, 4) is 0 Å². The summed E-state index contributed by atoms with van der Waals surface area (Å²) in [5, 5.41) is 11.2. The second-order valence-electron chi connectivity index (χ2n) is 4.34. The van der Waals surface area contributed by atoms with E-state index in [9.17, 15) is 14.9 Å². The molecule has 1 atom stereocenters. The summed E-state index contributed by atoms with van der Waals surface area (Å²) in [6, 6.07) is 3.97. The molecular weight excluding hydrogens is 272 g/mol. The van der Waals surface area contributed by atoms with Crippen molar-refractivity contribution in [3.63, 3.8) is 0 Å². The Hall–Kier alpha value is -1.66. The maximum Gasteiger partial charge on any atom is 0.283 e. The molecule has 7 heteroatoms. The van der Waals surface area contributed by atoms with E-state index in [4.69, 9.17) is 16.3 Å². The van der Waals surface area contributed by atoms with Crippen LogP contribution < -0.4 is 0 Å². The number of nitrogens with zero attached hydrogens (tertiary/aromatic N) is 2. The van der Waals surface area contributed by atoms with Crippen LogP contribution in [-0.2, 0) is 4.74 Å². The SMILES string of the molecule is C[C@H]1COCCN1C(=O)c1ccc(Cl)cc1[N+](=O)[O-]. The van der Waals surface area contributed by atoms with Gasteiger partial charge in [-0.2, -0.15) is 0 Å². The standard InChI is InChI=1S/C12H13ClN2O4/c1-8-7-19-5-4-14(8)12(16)10-3-2-9(13)6-11(10)15(17)18/h2-3,6,8H,4-5,7H2,1H3/t8-/m0/s1. The van der Waals surface area contributed by atoms with Crippen LogP contribution in [0.3, 0.4) is 0 Å². The average molecular weight is 285 g/mol. The fourth-order valence-electron chi connectivity index (χ4n) is 2.02. The summed E-state index contributed by atoms with van der Waals surface area (Å²) < 4.78 is 5.25. The molecule has 0 radical (unpaired) electrons. The molecule has 19 heavy (non-hydrogen) atoms. The number of carbonyl (C=O) groups is 1. The van der Waals surface area contributed by atoms with Gasteiger partial charge in [-0.05, 0) is 19.1 Å². The Morgan fingerprint density at radius 3 is 2.95 bits per heavy atom. The van der Waals surface area contributed by atoms with Gasteiger partial charge in [0.05, 0.1) is 24.2 Å². The molecule has 1 fully saturated rings. The van der Waals surface area contributed by atoms with E-state index in [2.05, 4.69) is 0 Å². The molecule has 1 aromatic rings. The zero-order chi connectivity index (χ0) is 14.0. The summed E-state index contributed by atoms with van der Waals surface area (Å²) in [5.74, 6) is -0.362. The van der Waals surface area contributed by atoms with Crippen molar-refractivity contribution in [1.29, 1.82) is 0 Å². The molecule has 102 valence electrons. The largest absolute Gasteiger partial charge is 0.377 e. The zero-order valence-electron chi connectivity index (χ0n) is 10.3. The molecule has 0 saturated carbocycles. The Morgan fingerprint density at radius 1 is 1.58 bits per heavy atom. The van der Waals surface area contributed by atoms with Crippen molar-refractivity contribution in [2.24, 2.45) is 0 Å². The van der Waals surface area contributed by atoms with Gasteiger partial charge < -0.3 is 9.64 Å². The van der Waals surface area contributed by atoms with Crippen LogP contribution in [-0.4, -0.2) is 41.5 Å². The number of nitro benzene ring substituents is 1. The fraction of sp³-hybridized carbons (Fsp3) is 0.417. The Bertz CT molecular complexity index is 520. The first kappa shape index (κ1) is 13.8. The molecule has 0 unspecified atom stereocenters. The lowest BCUT2D eigenvalue weighted by Gasteiger charge is -2.33. The summed E-state index contributed by atoms with van der Waals surface area (Å²) in [6.07, 6.45) is 0. The van der Waals surface area contributed by atoms with Crippen LogP contribution in [0.15, 0.2) is 18.2 Å². The maximum atomic E-state index is 12.4. The Balaban J connectivity index is 2.35. The van der Waals surface area contributed by atoms with Gasteiger partial charge in [-0.25, -0.2) is 0 Å². The van der Waals surface area contributed by atoms with Gasteiger partial charge in [0.25, 0.3) is 11.6 Å². The van der Waals surface area contributed by atoms with Crippen LogP contribution >= 0.6 is 11.6 Å². The second kappa shape index (κ2) is 5.54. The fourth-order valence-corrected chi connectivity index (χ4v) is 2.19. The van der Waals surface area contributed by atoms with E-state index in [1.165, 1.54) is 18.2 Å². The van der Waals surface area contributed by atoms with Crippen LogP contribution in [0, 0.1) is 10.1 Å². The lowest BCUT2D eigenvalue weighted by atomic mass is 10.1. The molecular formula is C12H13ClN2O4. The first-order chi connectivity index (χ1) is 9.00.